The molecule has 4 nitrogen and oxygen atoms in total. The van der Waals surface area contributed by atoms with Crippen LogP contribution in [0.25, 0.3) is 11.3 Å². The summed E-state index contributed by atoms with van der Waals surface area (Å²) in [5.41, 5.74) is 3.21. The summed E-state index contributed by atoms with van der Waals surface area (Å²) in [5, 5.41) is 8.16. The molecule has 4 heteroatoms. The van der Waals surface area contributed by atoms with Gasteiger partial charge in [0, 0.05) is 31.9 Å². The van der Waals surface area contributed by atoms with Crippen molar-refractivity contribution in [2.75, 3.05) is 19.0 Å². The van der Waals surface area contributed by atoms with Crippen LogP contribution in [-0.2, 0) is 6.54 Å². The average molecular weight is 216 g/mol. The van der Waals surface area contributed by atoms with Crippen LogP contribution in [0.15, 0.2) is 30.5 Å². The lowest BCUT2D eigenvalue weighted by Crippen LogP contribution is -2.07. The number of benzene rings is 1. The summed E-state index contributed by atoms with van der Waals surface area (Å²) in [6, 6.07) is 8.30. The summed E-state index contributed by atoms with van der Waals surface area (Å²) < 4.78 is 1.83. The molecule has 0 N–H and O–H groups in total. The third-order valence-corrected chi connectivity index (χ3v) is 2.54. The van der Waals surface area contributed by atoms with Crippen molar-refractivity contribution in [1.82, 2.24) is 15.0 Å². The van der Waals surface area contributed by atoms with Crippen molar-refractivity contribution >= 4 is 5.69 Å². The van der Waals surface area contributed by atoms with Gasteiger partial charge in [-0.3, -0.25) is 4.68 Å². The molecule has 84 valence electrons. The van der Waals surface area contributed by atoms with E-state index in [0.29, 0.717) is 0 Å². The molecule has 0 aliphatic rings. The number of hydrogen-bond donors (Lipinski definition) is 0. The van der Waals surface area contributed by atoms with E-state index in [9.17, 15) is 0 Å². The predicted octanol–water partition coefficient (Wildman–Crippen LogP) is 2.03. The number of hydrogen-bond acceptors (Lipinski definition) is 3. The molecular formula is C12H16N4. The maximum atomic E-state index is 4.13. The quantitative estimate of drug-likeness (QED) is 0.787. The molecule has 0 amide bonds. The van der Waals surface area contributed by atoms with Gasteiger partial charge in [0.25, 0.3) is 0 Å². The normalized spacial score (nSPS) is 10.4. The first-order chi connectivity index (χ1) is 7.70. The zero-order valence-electron chi connectivity index (χ0n) is 9.88. The Kier molecular flexibility index (Phi) is 2.90. The minimum atomic E-state index is 0.850. The molecule has 0 aliphatic heterocycles. The van der Waals surface area contributed by atoms with Gasteiger partial charge in [-0.05, 0) is 19.1 Å². The van der Waals surface area contributed by atoms with Crippen molar-refractivity contribution in [3.63, 3.8) is 0 Å². The standard InChI is InChI=1S/C12H16N4/c1-4-16-9-12(13-14-16)10-5-7-11(8-6-10)15(2)3/h5-9H,4H2,1-3H3. The maximum absolute atomic E-state index is 4.13. The summed E-state index contributed by atoms with van der Waals surface area (Å²) in [6.45, 7) is 2.90. The Labute approximate surface area is 95.5 Å². The maximum Gasteiger partial charge on any atom is 0.113 e. The summed E-state index contributed by atoms with van der Waals surface area (Å²) in [6.07, 6.45) is 1.96. The lowest BCUT2D eigenvalue weighted by Gasteiger charge is -2.11. The van der Waals surface area contributed by atoms with Crippen molar-refractivity contribution in [3.05, 3.63) is 30.5 Å². The van der Waals surface area contributed by atoms with E-state index in [-0.39, 0.29) is 0 Å². The van der Waals surface area contributed by atoms with Crippen LogP contribution in [0.4, 0.5) is 5.69 Å². The zero-order chi connectivity index (χ0) is 11.5. The summed E-state index contributed by atoms with van der Waals surface area (Å²) >= 11 is 0. The molecule has 0 bridgehead atoms. The van der Waals surface area contributed by atoms with E-state index in [4.69, 9.17) is 0 Å². The van der Waals surface area contributed by atoms with Gasteiger partial charge in [0.2, 0.25) is 0 Å². The van der Waals surface area contributed by atoms with Crippen molar-refractivity contribution in [2.45, 2.75) is 13.5 Å². The second-order valence-electron chi connectivity index (χ2n) is 3.90. The first-order valence-corrected chi connectivity index (χ1v) is 5.38. The van der Waals surface area contributed by atoms with Crippen LogP contribution in [0.2, 0.25) is 0 Å². The van der Waals surface area contributed by atoms with E-state index in [0.717, 1.165) is 17.8 Å². The fraction of sp³-hybridized carbons (Fsp3) is 0.333. The molecule has 0 saturated heterocycles. The molecule has 0 fully saturated rings. The van der Waals surface area contributed by atoms with E-state index >= 15 is 0 Å². The summed E-state index contributed by atoms with van der Waals surface area (Å²) in [4.78, 5) is 2.08. The first kappa shape index (κ1) is 10.7. The third-order valence-electron chi connectivity index (χ3n) is 2.54. The van der Waals surface area contributed by atoms with Crippen molar-refractivity contribution < 1.29 is 0 Å². The molecule has 16 heavy (non-hydrogen) atoms. The van der Waals surface area contributed by atoms with E-state index in [2.05, 4.69) is 39.5 Å². The van der Waals surface area contributed by atoms with E-state index in [1.807, 2.05) is 31.9 Å². The molecule has 0 atom stereocenters. The minimum Gasteiger partial charge on any atom is -0.378 e. The highest BCUT2D eigenvalue weighted by Gasteiger charge is 2.03. The second-order valence-corrected chi connectivity index (χ2v) is 3.90. The van der Waals surface area contributed by atoms with Crippen LogP contribution < -0.4 is 4.90 Å². The number of aromatic nitrogens is 3. The topological polar surface area (TPSA) is 34.0 Å². The van der Waals surface area contributed by atoms with Crippen LogP contribution in [0.3, 0.4) is 0 Å². The number of anilines is 1. The Morgan fingerprint density at radius 1 is 1.19 bits per heavy atom. The third kappa shape index (κ3) is 2.05. The van der Waals surface area contributed by atoms with E-state index < -0.39 is 0 Å². The van der Waals surface area contributed by atoms with Gasteiger partial charge in [-0.2, -0.15) is 0 Å². The number of aryl methyl sites for hydroxylation is 1. The first-order valence-electron chi connectivity index (χ1n) is 5.38. The van der Waals surface area contributed by atoms with Crippen LogP contribution in [0.5, 0.6) is 0 Å². The lowest BCUT2D eigenvalue weighted by molar-refractivity contribution is 0.627. The van der Waals surface area contributed by atoms with E-state index in [1.54, 1.807) is 0 Å². The van der Waals surface area contributed by atoms with Gasteiger partial charge in [-0.1, -0.05) is 17.3 Å². The predicted molar refractivity (Wildman–Crippen MR) is 65.5 cm³/mol. The van der Waals surface area contributed by atoms with Gasteiger partial charge in [-0.25, -0.2) is 0 Å². The number of nitrogens with zero attached hydrogens (tertiary/aromatic N) is 4. The molecule has 2 rings (SSSR count). The monoisotopic (exact) mass is 216 g/mol. The molecule has 1 aromatic carbocycles. The fourth-order valence-corrected chi connectivity index (χ4v) is 1.52. The highest BCUT2D eigenvalue weighted by atomic mass is 15.4. The molecular weight excluding hydrogens is 200 g/mol. The molecule has 0 saturated carbocycles. The number of rotatable bonds is 3. The Hall–Kier alpha value is -1.84. The van der Waals surface area contributed by atoms with Crippen molar-refractivity contribution in [1.29, 1.82) is 0 Å². The Morgan fingerprint density at radius 3 is 2.38 bits per heavy atom. The Bertz CT molecular complexity index is 456. The van der Waals surface area contributed by atoms with Crippen LogP contribution >= 0.6 is 0 Å². The molecule has 0 aliphatic carbocycles. The van der Waals surface area contributed by atoms with Gasteiger partial charge in [-0.15, -0.1) is 5.10 Å². The molecule has 0 spiro atoms. The smallest absolute Gasteiger partial charge is 0.113 e. The summed E-state index contributed by atoms with van der Waals surface area (Å²) in [5.74, 6) is 0. The van der Waals surface area contributed by atoms with Gasteiger partial charge < -0.3 is 4.90 Å². The molecule has 1 aromatic heterocycles. The second kappa shape index (κ2) is 4.35. The Balaban J connectivity index is 2.27. The SMILES string of the molecule is CCn1cc(-c2ccc(N(C)C)cc2)nn1. The average Bonchev–Trinajstić information content (AvgIpc) is 2.77. The zero-order valence-corrected chi connectivity index (χ0v) is 9.88. The van der Waals surface area contributed by atoms with Gasteiger partial charge in [0.15, 0.2) is 0 Å². The van der Waals surface area contributed by atoms with Crippen molar-refractivity contribution in [2.24, 2.45) is 0 Å². The van der Waals surface area contributed by atoms with Crippen LogP contribution in [-0.4, -0.2) is 29.1 Å². The lowest BCUT2D eigenvalue weighted by atomic mass is 10.1. The largest absolute Gasteiger partial charge is 0.378 e. The minimum absolute atomic E-state index is 0.850. The van der Waals surface area contributed by atoms with Crippen LogP contribution in [0.1, 0.15) is 6.92 Å². The van der Waals surface area contributed by atoms with Gasteiger partial charge >= 0.3 is 0 Å². The fourth-order valence-electron chi connectivity index (χ4n) is 1.52. The molecule has 0 unspecified atom stereocenters. The summed E-state index contributed by atoms with van der Waals surface area (Å²) in [7, 11) is 4.06. The van der Waals surface area contributed by atoms with Crippen molar-refractivity contribution in [3.8, 4) is 11.3 Å². The molecule has 0 radical (unpaired) electrons. The highest BCUT2D eigenvalue weighted by molar-refractivity contribution is 5.61. The van der Waals surface area contributed by atoms with Crippen LogP contribution in [0, 0.1) is 0 Å². The highest BCUT2D eigenvalue weighted by Crippen LogP contribution is 2.19. The molecule has 1 heterocycles. The molecule has 2 aromatic rings. The van der Waals surface area contributed by atoms with Gasteiger partial charge in [0.1, 0.15) is 5.69 Å². The van der Waals surface area contributed by atoms with E-state index in [1.165, 1.54) is 5.69 Å². The van der Waals surface area contributed by atoms with Gasteiger partial charge in [0.05, 0.1) is 6.20 Å². The Morgan fingerprint density at radius 2 is 1.88 bits per heavy atom.